The average Bonchev–Trinajstić information content (AvgIpc) is 2.42. The van der Waals surface area contributed by atoms with Crippen LogP contribution >= 0.6 is 0 Å². The highest BCUT2D eigenvalue weighted by atomic mass is 16.2. The van der Waals surface area contributed by atoms with Crippen molar-refractivity contribution in [1.82, 2.24) is 0 Å². The minimum atomic E-state index is 0.157. The van der Waals surface area contributed by atoms with E-state index < -0.39 is 0 Å². The molecule has 2 rings (SSSR count). The molecule has 0 aromatic heterocycles. The third kappa shape index (κ3) is 3.57. The molecule has 0 aliphatic heterocycles. The van der Waals surface area contributed by atoms with Crippen LogP contribution in [0.2, 0.25) is 0 Å². The van der Waals surface area contributed by atoms with E-state index in [0.717, 1.165) is 24.1 Å². The Hall–Kier alpha value is -1.35. The molecule has 18 heavy (non-hydrogen) atoms. The van der Waals surface area contributed by atoms with Crippen LogP contribution in [-0.4, -0.2) is 17.6 Å². The van der Waals surface area contributed by atoms with Crippen LogP contribution in [0.5, 0.6) is 0 Å². The van der Waals surface area contributed by atoms with Gasteiger partial charge in [0.2, 0.25) is 5.91 Å². The molecule has 1 aliphatic carbocycles. The van der Waals surface area contributed by atoms with Gasteiger partial charge in [-0.1, -0.05) is 31.4 Å². The Morgan fingerprint density at radius 1 is 1.17 bits per heavy atom. The van der Waals surface area contributed by atoms with Crippen molar-refractivity contribution >= 4 is 11.6 Å². The lowest BCUT2D eigenvalue weighted by Gasteiger charge is -2.20. The van der Waals surface area contributed by atoms with Crippen LogP contribution in [0, 0.1) is 5.92 Å². The maximum absolute atomic E-state index is 12.0. The number of aliphatic hydroxyl groups is 1. The molecule has 0 saturated heterocycles. The Balaban J connectivity index is 1.89. The van der Waals surface area contributed by atoms with E-state index in [4.69, 9.17) is 5.11 Å². The first kappa shape index (κ1) is 13.1. The smallest absolute Gasteiger partial charge is 0.227 e. The highest BCUT2D eigenvalue weighted by Gasteiger charge is 2.20. The second kappa shape index (κ2) is 6.55. The number of amides is 1. The van der Waals surface area contributed by atoms with Gasteiger partial charge in [-0.15, -0.1) is 0 Å². The Labute approximate surface area is 108 Å². The van der Waals surface area contributed by atoms with Gasteiger partial charge in [-0.05, 0) is 37.0 Å². The van der Waals surface area contributed by atoms with E-state index in [1.54, 1.807) is 0 Å². The van der Waals surface area contributed by atoms with Crippen molar-refractivity contribution in [1.29, 1.82) is 0 Å². The number of hydrogen-bond acceptors (Lipinski definition) is 2. The second-order valence-electron chi connectivity index (χ2n) is 4.99. The summed E-state index contributed by atoms with van der Waals surface area (Å²) in [6.07, 6.45) is 6.32. The van der Waals surface area contributed by atoms with Gasteiger partial charge in [-0.2, -0.15) is 0 Å². The van der Waals surface area contributed by atoms with Gasteiger partial charge >= 0.3 is 0 Å². The molecule has 0 bridgehead atoms. The SMILES string of the molecule is O=C(Nc1ccc(CCO)cc1)C1CCCCC1. The number of nitrogens with one attached hydrogen (secondary N) is 1. The minimum Gasteiger partial charge on any atom is -0.396 e. The normalized spacial score (nSPS) is 16.5. The first-order valence-corrected chi connectivity index (χ1v) is 6.80. The molecule has 0 heterocycles. The topological polar surface area (TPSA) is 49.3 Å². The van der Waals surface area contributed by atoms with E-state index in [0.29, 0.717) is 6.42 Å². The van der Waals surface area contributed by atoms with Gasteiger partial charge in [0, 0.05) is 18.2 Å². The zero-order valence-electron chi connectivity index (χ0n) is 10.7. The third-order valence-corrected chi connectivity index (χ3v) is 3.60. The molecule has 1 aromatic carbocycles. The number of carbonyl (C=O) groups excluding carboxylic acids is 1. The fraction of sp³-hybridized carbons (Fsp3) is 0.533. The molecule has 0 unspecified atom stereocenters. The van der Waals surface area contributed by atoms with Crippen molar-refractivity contribution in [2.24, 2.45) is 5.92 Å². The number of anilines is 1. The molecule has 0 spiro atoms. The lowest BCUT2D eigenvalue weighted by atomic mass is 9.88. The van der Waals surface area contributed by atoms with Crippen LogP contribution < -0.4 is 5.32 Å². The van der Waals surface area contributed by atoms with E-state index >= 15 is 0 Å². The lowest BCUT2D eigenvalue weighted by molar-refractivity contribution is -0.120. The summed E-state index contributed by atoms with van der Waals surface area (Å²) in [6.45, 7) is 0.160. The number of rotatable bonds is 4. The first-order valence-electron chi connectivity index (χ1n) is 6.80. The summed E-state index contributed by atoms with van der Waals surface area (Å²) in [4.78, 5) is 12.0. The molecular weight excluding hydrogens is 226 g/mol. The van der Waals surface area contributed by atoms with Gasteiger partial charge in [0.1, 0.15) is 0 Å². The molecule has 98 valence electrons. The largest absolute Gasteiger partial charge is 0.396 e. The fourth-order valence-electron chi connectivity index (χ4n) is 2.49. The molecule has 2 N–H and O–H groups in total. The molecule has 0 radical (unpaired) electrons. The molecular formula is C15H21NO2. The summed E-state index contributed by atoms with van der Waals surface area (Å²) in [7, 11) is 0. The average molecular weight is 247 g/mol. The summed E-state index contributed by atoms with van der Waals surface area (Å²) < 4.78 is 0. The van der Waals surface area contributed by atoms with E-state index in [1.165, 1.54) is 19.3 Å². The van der Waals surface area contributed by atoms with Crippen molar-refractivity contribution in [2.45, 2.75) is 38.5 Å². The molecule has 1 saturated carbocycles. The molecule has 1 amide bonds. The lowest BCUT2D eigenvalue weighted by Crippen LogP contribution is -2.24. The molecule has 0 atom stereocenters. The summed E-state index contributed by atoms with van der Waals surface area (Å²) >= 11 is 0. The predicted molar refractivity (Wildman–Crippen MR) is 72.4 cm³/mol. The van der Waals surface area contributed by atoms with Crippen LogP contribution in [-0.2, 0) is 11.2 Å². The van der Waals surface area contributed by atoms with Crippen molar-refractivity contribution < 1.29 is 9.90 Å². The standard InChI is InChI=1S/C15H21NO2/c17-11-10-12-6-8-14(9-7-12)16-15(18)13-4-2-1-3-5-13/h6-9,13,17H,1-5,10-11H2,(H,16,18). The Morgan fingerprint density at radius 2 is 1.83 bits per heavy atom. The fourth-order valence-corrected chi connectivity index (χ4v) is 2.49. The zero-order valence-corrected chi connectivity index (χ0v) is 10.7. The minimum absolute atomic E-state index is 0.157. The molecule has 1 aliphatic rings. The van der Waals surface area contributed by atoms with E-state index in [2.05, 4.69) is 5.32 Å². The first-order chi connectivity index (χ1) is 8.79. The highest BCUT2D eigenvalue weighted by Crippen LogP contribution is 2.25. The van der Waals surface area contributed by atoms with Gasteiger partial charge in [-0.3, -0.25) is 4.79 Å². The van der Waals surface area contributed by atoms with Crippen LogP contribution in [0.3, 0.4) is 0 Å². The maximum atomic E-state index is 12.0. The van der Waals surface area contributed by atoms with E-state index in [1.807, 2.05) is 24.3 Å². The maximum Gasteiger partial charge on any atom is 0.227 e. The summed E-state index contributed by atoms with van der Waals surface area (Å²) in [6, 6.07) is 7.72. The number of aliphatic hydroxyl groups excluding tert-OH is 1. The summed E-state index contributed by atoms with van der Waals surface area (Å²) in [5, 5.41) is 11.8. The second-order valence-corrected chi connectivity index (χ2v) is 4.99. The van der Waals surface area contributed by atoms with E-state index in [-0.39, 0.29) is 18.4 Å². The third-order valence-electron chi connectivity index (χ3n) is 3.60. The molecule has 3 heteroatoms. The number of benzene rings is 1. The Morgan fingerprint density at radius 3 is 2.44 bits per heavy atom. The predicted octanol–water partition coefficient (Wildman–Crippen LogP) is 2.74. The van der Waals surface area contributed by atoms with Gasteiger partial charge in [0.15, 0.2) is 0 Å². The Kier molecular flexibility index (Phi) is 4.76. The molecule has 1 aromatic rings. The number of hydrogen-bond donors (Lipinski definition) is 2. The van der Waals surface area contributed by atoms with Crippen molar-refractivity contribution in [3.05, 3.63) is 29.8 Å². The van der Waals surface area contributed by atoms with Crippen LogP contribution in [0.25, 0.3) is 0 Å². The van der Waals surface area contributed by atoms with Crippen molar-refractivity contribution in [3.8, 4) is 0 Å². The van der Waals surface area contributed by atoms with Gasteiger partial charge < -0.3 is 10.4 Å². The molecule has 1 fully saturated rings. The zero-order chi connectivity index (χ0) is 12.8. The van der Waals surface area contributed by atoms with Crippen LogP contribution in [0.1, 0.15) is 37.7 Å². The van der Waals surface area contributed by atoms with Gasteiger partial charge in [0.25, 0.3) is 0 Å². The summed E-state index contributed by atoms with van der Waals surface area (Å²) in [5.41, 5.74) is 1.94. The van der Waals surface area contributed by atoms with E-state index in [9.17, 15) is 4.79 Å². The Bertz CT molecular complexity index is 380. The molecule has 3 nitrogen and oxygen atoms in total. The van der Waals surface area contributed by atoms with Crippen LogP contribution in [0.15, 0.2) is 24.3 Å². The van der Waals surface area contributed by atoms with Crippen molar-refractivity contribution in [2.75, 3.05) is 11.9 Å². The van der Waals surface area contributed by atoms with Gasteiger partial charge in [0.05, 0.1) is 0 Å². The highest BCUT2D eigenvalue weighted by molar-refractivity contribution is 5.92. The monoisotopic (exact) mass is 247 g/mol. The number of carbonyl (C=O) groups is 1. The van der Waals surface area contributed by atoms with Crippen molar-refractivity contribution in [3.63, 3.8) is 0 Å². The quantitative estimate of drug-likeness (QED) is 0.859. The summed E-state index contributed by atoms with van der Waals surface area (Å²) in [5.74, 6) is 0.348. The van der Waals surface area contributed by atoms with Gasteiger partial charge in [-0.25, -0.2) is 0 Å². The van der Waals surface area contributed by atoms with Crippen LogP contribution in [0.4, 0.5) is 5.69 Å².